The van der Waals surface area contributed by atoms with Crippen LogP contribution < -0.4 is 5.73 Å². The number of nitrogens with two attached hydrogens (primary N) is 1. The minimum atomic E-state index is 0.464. The first-order chi connectivity index (χ1) is 8.25. The highest BCUT2D eigenvalue weighted by Crippen LogP contribution is 2.28. The van der Waals surface area contributed by atoms with Gasteiger partial charge in [0.25, 0.3) is 0 Å². The molecule has 1 nitrogen and oxygen atoms in total. The Kier molecular flexibility index (Phi) is 5.20. The predicted octanol–water partition coefficient (Wildman–Crippen LogP) is 4.09. The second-order valence-electron chi connectivity index (χ2n) is 4.82. The topological polar surface area (TPSA) is 26.0 Å². The minimum absolute atomic E-state index is 0.464. The van der Waals surface area contributed by atoms with E-state index >= 15 is 0 Å². The number of rotatable bonds is 5. The van der Waals surface area contributed by atoms with E-state index in [0.717, 1.165) is 16.7 Å². The summed E-state index contributed by atoms with van der Waals surface area (Å²) < 4.78 is 0. The Morgan fingerprint density at radius 2 is 2.00 bits per heavy atom. The summed E-state index contributed by atoms with van der Waals surface area (Å²) in [5.41, 5.74) is 7.42. The van der Waals surface area contributed by atoms with Gasteiger partial charge in [-0.05, 0) is 48.6 Å². The van der Waals surface area contributed by atoms with E-state index in [-0.39, 0.29) is 0 Å². The van der Waals surface area contributed by atoms with E-state index in [2.05, 4.69) is 12.1 Å². The average molecular weight is 270 g/mol. The van der Waals surface area contributed by atoms with Crippen LogP contribution in [0.3, 0.4) is 0 Å². The number of thioether (sulfide) groups is 1. The molecule has 1 aromatic carbocycles. The molecule has 2 atom stereocenters. The van der Waals surface area contributed by atoms with Crippen molar-refractivity contribution in [2.24, 2.45) is 11.7 Å². The van der Waals surface area contributed by atoms with Gasteiger partial charge in [0.15, 0.2) is 0 Å². The number of halogens is 1. The van der Waals surface area contributed by atoms with Crippen LogP contribution >= 0.6 is 23.4 Å². The maximum atomic E-state index is 6.07. The first-order valence-corrected chi connectivity index (χ1v) is 7.87. The molecule has 0 radical (unpaired) electrons. The van der Waals surface area contributed by atoms with Crippen molar-refractivity contribution in [3.05, 3.63) is 34.9 Å². The van der Waals surface area contributed by atoms with Crippen molar-refractivity contribution in [1.29, 1.82) is 0 Å². The van der Waals surface area contributed by atoms with Crippen LogP contribution in [0, 0.1) is 5.92 Å². The van der Waals surface area contributed by atoms with E-state index < -0.39 is 0 Å². The van der Waals surface area contributed by atoms with E-state index in [1.807, 2.05) is 23.9 Å². The fourth-order valence-electron chi connectivity index (χ4n) is 2.43. The molecular formula is C14H20ClNS. The quantitative estimate of drug-likeness (QED) is 0.815. The first-order valence-electron chi connectivity index (χ1n) is 6.33. The van der Waals surface area contributed by atoms with Gasteiger partial charge in [-0.25, -0.2) is 0 Å². The van der Waals surface area contributed by atoms with Crippen molar-refractivity contribution in [2.45, 2.75) is 37.5 Å². The molecule has 1 aromatic rings. The average Bonchev–Trinajstić information content (AvgIpc) is 2.73. The van der Waals surface area contributed by atoms with Gasteiger partial charge < -0.3 is 5.73 Å². The van der Waals surface area contributed by atoms with Gasteiger partial charge in [-0.2, -0.15) is 11.8 Å². The SMILES string of the molecule is NC1CCCC1CCSCc1ccc(Cl)cc1. The molecule has 2 N–H and O–H groups in total. The molecule has 0 spiro atoms. The molecule has 3 heteroatoms. The van der Waals surface area contributed by atoms with Gasteiger partial charge >= 0.3 is 0 Å². The first kappa shape index (κ1) is 13.3. The van der Waals surface area contributed by atoms with E-state index in [1.165, 1.54) is 37.0 Å². The van der Waals surface area contributed by atoms with Crippen molar-refractivity contribution in [3.63, 3.8) is 0 Å². The van der Waals surface area contributed by atoms with Crippen molar-refractivity contribution in [1.82, 2.24) is 0 Å². The molecule has 0 heterocycles. The van der Waals surface area contributed by atoms with Crippen molar-refractivity contribution in [3.8, 4) is 0 Å². The molecule has 0 aliphatic heterocycles. The Hall–Kier alpha value is -0.180. The van der Waals surface area contributed by atoms with Crippen LogP contribution in [-0.4, -0.2) is 11.8 Å². The molecule has 1 aliphatic rings. The standard InChI is InChI=1S/C14H20ClNS/c15-13-6-4-11(5-7-13)10-17-9-8-12-2-1-3-14(12)16/h4-7,12,14H,1-3,8-10,16H2. The zero-order chi connectivity index (χ0) is 12.1. The molecule has 1 saturated carbocycles. The molecule has 2 unspecified atom stereocenters. The minimum Gasteiger partial charge on any atom is -0.327 e. The monoisotopic (exact) mass is 269 g/mol. The molecule has 17 heavy (non-hydrogen) atoms. The Morgan fingerprint density at radius 3 is 2.65 bits per heavy atom. The molecular weight excluding hydrogens is 250 g/mol. The Balaban J connectivity index is 1.64. The lowest BCUT2D eigenvalue weighted by Gasteiger charge is -2.14. The highest BCUT2D eigenvalue weighted by molar-refractivity contribution is 7.98. The van der Waals surface area contributed by atoms with E-state index in [1.54, 1.807) is 0 Å². The summed E-state index contributed by atoms with van der Waals surface area (Å²) in [5, 5.41) is 0.815. The molecule has 0 bridgehead atoms. The molecule has 1 fully saturated rings. The van der Waals surface area contributed by atoms with Gasteiger partial charge in [0.2, 0.25) is 0 Å². The second-order valence-corrected chi connectivity index (χ2v) is 6.36. The lowest BCUT2D eigenvalue weighted by Crippen LogP contribution is -2.24. The van der Waals surface area contributed by atoms with Crippen LogP contribution in [0.1, 0.15) is 31.2 Å². The molecule has 2 rings (SSSR count). The number of hydrogen-bond acceptors (Lipinski definition) is 2. The lowest BCUT2D eigenvalue weighted by atomic mass is 10.0. The summed E-state index contributed by atoms with van der Waals surface area (Å²) in [6, 6.07) is 8.60. The third-order valence-electron chi connectivity index (χ3n) is 3.53. The van der Waals surface area contributed by atoms with Gasteiger partial charge in [0.05, 0.1) is 0 Å². The summed E-state index contributed by atoms with van der Waals surface area (Å²) >= 11 is 7.86. The smallest absolute Gasteiger partial charge is 0.0406 e. The van der Waals surface area contributed by atoms with Gasteiger partial charge in [0, 0.05) is 16.8 Å². The van der Waals surface area contributed by atoms with Crippen LogP contribution in [0.25, 0.3) is 0 Å². The van der Waals surface area contributed by atoms with Crippen molar-refractivity contribution in [2.75, 3.05) is 5.75 Å². The number of hydrogen-bond donors (Lipinski definition) is 1. The summed E-state index contributed by atoms with van der Waals surface area (Å²) in [6.45, 7) is 0. The maximum absolute atomic E-state index is 6.07. The summed E-state index contributed by atoms with van der Waals surface area (Å²) in [4.78, 5) is 0. The normalized spacial score (nSPS) is 24.1. The van der Waals surface area contributed by atoms with Gasteiger partial charge in [-0.15, -0.1) is 0 Å². The summed E-state index contributed by atoms with van der Waals surface area (Å²) in [5.74, 6) is 3.08. The molecule has 0 saturated heterocycles. The predicted molar refractivity (Wildman–Crippen MR) is 77.5 cm³/mol. The molecule has 0 amide bonds. The van der Waals surface area contributed by atoms with Gasteiger partial charge in [0.1, 0.15) is 0 Å². The second kappa shape index (κ2) is 6.67. The lowest BCUT2D eigenvalue weighted by molar-refractivity contribution is 0.470. The Labute approximate surface area is 113 Å². The molecule has 1 aliphatic carbocycles. The Bertz CT molecular complexity index is 339. The van der Waals surface area contributed by atoms with Crippen LogP contribution in [-0.2, 0) is 5.75 Å². The third kappa shape index (κ3) is 4.20. The summed E-state index contributed by atoms with van der Waals surface area (Å²) in [7, 11) is 0. The zero-order valence-electron chi connectivity index (χ0n) is 10.1. The maximum Gasteiger partial charge on any atom is 0.0406 e. The van der Waals surface area contributed by atoms with Gasteiger partial charge in [-0.1, -0.05) is 30.2 Å². The van der Waals surface area contributed by atoms with Crippen LogP contribution in [0.2, 0.25) is 5.02 Å². The highest BCUT2D eigenvalue weighted by atomic mass is 35.5. The van der Waals surface area contributed by atoms with Gasteiger partial charge in [-0.3, -0.25) is 0 Å². The third-order valence-corrected chi connectivity index (χ3v) is 4.85. The van der Waals surface area contributed by atoms with Crippen LogP contribution in [0.4, 0.5) is 0 Å². The van der Waals surface area contributed by atoms with E-state index in [4.69, 9.17) is 17.3 Å². The van der Waals surface area contributed by atoms with E-state index in [0.29, 0.717) is 6.04 Å². The Morgan fingerprint density at radius 1 is 1.24 bits per heavy atom. The molecule has 94 valence electrons. The van der Waals surface area contributed by atoms with Crippen LogP contribution in [0.15, 0.2) is 24.3 Å². The van der Waals surface area contributed by atoms with Crippen molar-refractivity contribution < 1.29 is 0 Å². The number of benzene rings is 1. The summed E-state index contributed by atoms with van der Waals surface area (Å²) in [6.07, 6.45) is 5.17. The fourth-order valence-corrected chi connectivity index (χ4v) is 3.60. The van der Waals surface area contributed by atoms with Crippen molar-refractivity contribution >= 4 is 23.4 Å². The fraction of sp³-hybridized carbons (Fsp3) is 0.571. The van der Waals surface area contributed by atoms with E-state index in [9.17, 15) is 0 Å². The zero-order valence-corrected chi connectivity index (χ0v) is 11.6. The van der Waals surface area contributed by atoms with Crippen LogP contribution in [0.5, 0.6) is 0 Å². The molecule has 0 aromatic heterocycles. The highest BCUT2D eigenvalue weighted by Gasteiger charge is 2.22. The largest absolute Gasteiger partial charge is 0.327 e.